The topological polar surface area (TPSA) is 29.5 Å². The van der Waals surface area contributed by atoms with E-state index >= 15 is 0 Å². The van der Waals surface area contributed by atoms with Gasteiger partial charge in [-0.05, 0) is 24.7 Å². The van der Waals surface area contributed by atoms with Crippen molar-refractivity contribution in [2.45, 2.75) is 19.9 Å². The molecule has 0 unspecified atom stereocenters. The average molecular weight is 221 g/mol. The summed E-state index contributed by atoms with van der Waals surface area (Å²) in [6.07, 6.45) is 0.600. The minimum atomic E-state index is 0.269. The molecule has 3 heteroatoms. The smallest absolute Gasteiger partial charge is 0.146 e. The Bertz CT molecular complexity index is 350. The van der Waals surface area contributed by atoms with Gasteiger partial charge in [0.25, 0.3) is 0 Å². The van der Waals surface area contributed by atoms with Gasteiger partial charge in [-0.25, -0.2) is 0 Å². The number of likely N-dealkylation sites (N-methyl/N-ethyl adjacent to an activating group) is 1. The molecule has 0 radical (unpaired) electrons. The van der Waals surface area contributed by atoms with E-state index in [4.69, 9.17) is 4.74 Å². The van der Waals surface area contributed by atoms with Gasteiger partial charge in [-0.2, -0.15) is 0 Å². The summed E-state index contributed by atoms with van der Waals surface area (Å²) in [5.41, 5.74) is 1.16. The second-order valence-corrected chi connectivity index (χ2v) is 3.92. The second kappa shape index (κ2) is 6.28. The molecule has 1 aromatic rings. The van der Waals surface area contributed by atoms with Gasteiger partial charge < -0.3 is 4.74 Å². The number of nitrogens with zero attached hydrogens (tertiary/aromatic N) is 1. The zero-order valence-electron chi connectivity index (χ0n) is 10.2. The molecule has 0 aliphatic rings. The maximum Gasteiger partial charge on any atom is 0.146 e. The first-order chi connectivity index (χ1) is 7.65. The number of hydrogen-bond acceptors (Lipinski definition) is 3. The molecule has 3 nitrogen and oxygen atoms in total. The molecule has 0 bridgehead atoms. The number of methoxy groups -OCH3 is 1. The van der Waals surface area contributed by atoms with Crippen molar-refractivity contribution in [1.29, 1.82) is 0 Å². The summed E-state index contributed by atoms with van der Waals surface area (Å²) >= 11 is 0. The third-order valence-electron chi connectivity index (χ3n) is 2.43. The van der Waals surface area contributed by atoms with E-state index in [9.17, 15) is 4.79 Å². The summed E-state index contributed by atoms with van der Waals surface area (Å²) in [5, 5.41) is 0. The maximum absolute atomic E-state index is 11.3. The first-order valence-electron chi connectivity index (χ1n) is 5.49. The molecule has 0 aromatic heterocycles. The van der Waals surface area contributed by atoms with E-state index in [0.29, 0.717) is 13.0 Å². The van der Waals surface area contributed by atoms with Gasteiger partial charge in [0.15, 0.2) is 0 Å². The number of Topliss-reactive ketones (excluding diaryl/α,β-unsaturated/α-hetero) is 1. The SMILES string of the molecule is CCC(=O)CN(C)Cc1cccc(OC)c1. The highest BCUT2D eigenvalue weighted by Gasteiger charge is 2.05. The summed E-state index contributed by atoms with van der Waals surface area (Å²) in [6.45, 7) is 3.17. The minimum Gasteiger partial charge on any atom is -0.497 e. The predicted octanol–water partition coefficient (Wildman–Crippen LogP) is 2.11. The summed E-state index contributed by atoms with van der Waals surface area (Å²) in [6, 6.07) is 7.91. The molecule has 0 fully saturated rings. The monoisotopic (exact) mass is 221 g/mol. The van der Waals surface area contributed by atoms with Crippen molar-refractivity contribution >= 4 is 5.78 Å². The molecule has 0 aliphatic heterocycles. The van der Waals surface area contributed by atoms with Crippen molar-refractivity contribution in [3.05, 3.63) is 29.8 Å². The fourth-order valence-corrected chi connectivity index (χ4v) is 1.55. The van der Waals surface area contributed by atoms with Crippen LogP contribution in [0.3, 0.4) is 0 Å². The molecule has 0 saturated carbocycles. The largest absolute Gasteiger partial charge is 0.497 e. The highest BCUT2D eigenvalue weighted by atomic mass is 16.5. The van der Waals surface area contributed by atoms with Crippen molar-refractivity contribution in [1.82, 2.24) is 4.90 Å². The van der Waals surface area contributed by atoms with Gasteiger partial charge in [0.1, 0.15) is 11.5 Å². The van der Waals surface area contributed by atoms with Gasteiger partial charge in [0, 0.05) is 13.0 Å². The molecule has 88 valence electrons. The van der Waals surface area contributed by atoms with E-state index in [1.54, 1.807) is 7.11 Å². The lowest BCUT2D eigenvalue weighted by Crippen LogP contribution is -2.24. The molecule has 0 N–H and O–H groups in total. The molecular formula is C13H19NO2. The predicted molar refractivity (Wildman–Crippen MR) is 64.6 cm³/mol. The molecule has 1 rings (SSSR count). The van der Waals surface area contributed by atoms with Crippen LogP contribution in [0.15, 0.2) is 24.3 Å². The van der Waals surface area contributed by atoms with E-state index in [1.165, 1.54) is 0 Å². The first-order valence-corrected chi connectivity index (χ1v) is 5.49. The molecule has 0 atom stereocenters. The van der Waals surface area contributed by atoms with E-state index < -0.39 is 0 Å². The lowest BCUT2D eigenvalue weighted by molar-refractivity contribution is -0.119. The number of ether oxygens (including phenoxy) is 1. The maximum atomic E-state index is 11.3. The Morgan fingerprint density at radius 2 is 2.19 bits per heavy atom. The molecule has 0 spiro atoms. The number of ketones is 1. The Balaban J connectivity index is 2.55. The normalized spacial score (nSPS) is 10.5. The third-order valence-corrected chi connectivity index (χ3v) is 2.43. The molecule has 16 heavy (non-hydrogen) atoms. The number of hydrogen-bond donors (Lipinski definition) is 0. The molecule has 0 aliphatic carbocycles. The van der Waals surface area contributed by atoms with E-state index in [0.717, 1.165) is 17.9 Å². The van der Waals surface area contributed by atoms with Crippen LogP contribution in [0.4, 0.5) is 0 Å². The van der Waals surface area contributed by atoms with Crippen LogP contribution in [-0.4, -0.2) is 31.4 Å². The van der Waals surface area contributed by atoms with Crippen LogP contribution < -0.4 is 4.74 Å². The van der Waals surface area contributed by atoms with Crippen molar-refractivity contribution in [2.75, 3.05) is 20.7 Å². The first kappa shape index (κ1) is 12.7. The number of carbonyl (C=O) groups is 1. The molecular weight excluding hydrogens is 202 g/mol. The molecule has 0 saturated heterocycles. The van der Waals surface area contributed by atoms with Crippen molar-refractivity contribution in [3.63, 3.8) is 0 Å². The Morgan fingerprint density at radius 1 is 1.44 bits per heavy atom. The van der Waals surface area contributed by atoms with E-state index in [1.807, 2.05) is 43.1 Å². The minimum absolute atomic E-state index is 0.269. The Hall–Kier alpha value is -1.35. The van der Waals surface area contributed by atoms with Crippen LogP contribution >= 0.6 is 0 Å². The van der Waals surface area contributed by atoms with E-state index in [2.05, 4.69) is 0 Å². The van der Waals surface area contributed by atoms with Crippen LogP contribution in [0.1, 0.15) is 18.9 Å². The summed E-state index contributed by atoms with van der Waals surface area (Å²) < 4.78 is 5.15. The van der Waals surface area contributed by atoms with Crippen molar-refractivity contribution in [3.8, 4) is 5.75 Å². The zero-order valence-corrected chi connectivity index (χ0v) is 10.2. The number of benzene rings is 1. The fraction of sp³-hybridized carbons (Fsp3) is 0.462. The van der Waals surface area contributed by atoms with Gasteiger partial charge in [0.05, 0.1) is 13.7 Å². The van der Waals surface area contributed by atoms with Gasteiger partial charge in [-0.1, -0.05) is 19.1 Å². The van der Waals surface area contributed by atoms with Crippen LogP contribution in [0.25, 0.3) is 0 Å². The third kappa shape index (κ3) is 4.03. The Morgan fingerprint density at radius 3 is 2.81 bits per heavy atom. The summed E-state index contributed by atoms with van der Waals surface area (Å²) in [5.74, 6) is 1.12. The molecule has 0 amide bonds. The van der Waals surface area contributed by atoms with Gasteiger partial charge >= 0.3 is 0 Å². The van der Waals surface area contributed by atoms with Gasteiger partial charge in [0.2, 0.25) is 0 Å². The van der Waals surface area contributed by atoms with Gasteiger partial charge in [-0.15, -0.1) is 0 Å². The fourth-order valence-electron chi connectivity index (χ4n) is 1.55. The van der Waals surface area contributed by atoms with Gasteiger partial charge in [-0.3, -0.25) is 9.69 Å². The highest BCUT2D eigenvalue weighted by Crippen LogP contribution is 2.13. The Labute approximate surface area is 97.0 Å². The standard InChI is InChI=1S/C13H19NO2/c1-4-12(15)10-14(2)9-11-6-5-7-13(8-11)16-3/h5-8H,4,9-10H2,1-3H3. The van der Waals surface area contributed by atoms with Crippen LogP contribution in [0.2, 0.25) is 0 Å². The zero-order chi connectivity index (χ0) is 12.0. The second-order valence-electron chi connectivity index (χ2n) is 3.92. The lowest BCUT2D eigenvalue weighted by atomic mass is 10.2. The molecule has 1 aromatic carbocycles. The highest BCUT2D eigenvalue weighted by molar-refractivity contribution is 5.80. The van der Waals surface area contributed by atoms with Crippen molar-refractivity contribution in [2.24, 2.45) is 0 Å². The summed E-state index contributed by atoms with van der Waals surface area (Å²) in [7, 11) is 3.61. The quantitative estimate of drug-likeness (QED) is 0.736. The Kier molecular flexibility index (Phi) is 4.99. The van der Waals surface area contributed by atoms with E-state index in [-0.39, 0.29) is 5.78 Å². The molecule has 0 heterocycles. The number of carbonyl (C=O) groups excluding carboxylic acids is 1. The van der Waals surface area contributed by atoms with Crippen LogP contribution in [-0.2, 0) is 11.3 Å². The lowest BCUT2D eigenvalue weighted by Gasteiger charge is -2.15. The number of rotatable bonds is 6. The van der Waals surface area contributed by atoms with Crippen LogP contribution in [0, 0.1) is 0 Å². The summed E-state index contributed by atoms with van der Waals surface area (Å²) in [4.78, 5) is 13.3. The van der Waals surface area contributed by atoms with Crippen molar-refractivity contribution < 1.29 is 9.53 Å². The average Bonchev–Trinajstić information content (AvgIpc) is 2.28. The van der Waals surface area contributed by atoms with Crippen LogP contribution in [0.5, 0.6) is 5.75 Å².